The molecule has 0 rings (SSSR count). The SMILES string of the molecule is CCCCCCCCCCCCCCCC/C=C/[C@@H](O)[C@H](COP(=O)(O)OCC[N+](C)(C)C)NC(=O)CCCCCCCCCCCCCCCCCC. The maximum Gasteiger partial charge on any atom is 0.472 e. The van der Waals surface area contributed by atoms with E-state index in [4.69, 9.17) is 9.05 Å². The number of amides is 1. The lowest BCUT2D eigenvalue weighted by Crippen LogP contribution is -2.45. The predicted molar refractivity (Wildman–Crippen MR) is 231 cm³/mol. The summed E-state index contributed by atoms with van der Waals surface area (Å²) < 4.78 is 23.6. The molecule has 3 atom stereocenters. The maximum absolute atomic E-state index is 12.9. The van der Waals surface area contributed by atoms with E-state index in [0.29, 0.717) is 17.4 Å². The molecule has 0 spiro atoms. The number of allylic oxidation sites excluding steroid dienone is 1. The summed E-state index contributed by atoms with van der Waals surface area (Å²) >= 11 is 0. The van der Waals surface area contributed by atoms with Crippen LogP contribution < -0.4 is 5.32 Å². The molecule has 8 nitrogen and oxygen atoms in total. The molecule has 0 fully saturated rings. The van der Waals surface area contributed by atoms with Gasteiger partial charge < -0.3 is 19.8 Å². The number of rotatable bonds is 42. The Morgan fingerprint density at radius 1 is 0.611 bits per heavy atom. The van der Waals surface area contributed by atoms with Crippen LogP contribution in [0.15, 0.2) is 12.2 Å². The molecule has 54 heavy (non-hydrogen) atoms. The molecular formula is C45H92N2O6P+. The number of unbranched alkanes of at least 4 members (excludes halogenated alkanes) is 29. The van der Waals surface area contributed by atoms with Crippen molar-refractivity contribution in [1.29, 1.82) is 0 Å². The van der Waals surface area contributed by atoms with Gasteiger partial charge in [0.05, 0.1) is 39.9 Å². The van der Waals surface area contributed by atoms with Gasteiger partial charge in [0, 0.05) is 6.42 Å². The quantitative estimate of drug-likeness (QED) is 0.0246. The van der Waals surface area contributed by atoms with Crippen LogP contribution in [-0.4, -0.2) is 73.4 Å². The fourth-order valence-electron chi connectivity index (χ4n) is 6.81. The molecule has 0 aromatic carbocycles. The highest BCUT2D eigenvalue weighted by molar-refractivity contribution is 7.47. The summed E-state index contributed by atoms with van der Waals surface area (Å²) in [4.78, 5) is 23.1. The number of aliphatic hydroxyl groups excluding tert-OH is 1. The summed E-state index contributed by atoms with van der Waals surface area (Å²) in [6.07, 6.45) is 42.7. The van der Waals surface area contributed by atoms with Gasteiger partial charge in [-0.25, -0.2) is 4.57 Å². The number of carbonyl (C=O) groups is 1. The van der Waals surface area contributed by atoms with Gasteiger partial charge in [0.25, 0.3) is 0 Å². The van der Waals surface area contributed by atoms with Gasteiger partial charge in [0.15, 0.2) is 0 Å². The molecule has 3 N–H and O–H groups in total. The topological polar surface area (TPSA) is 105 Å². The molecule has 0 aliphatic rings. The molecule has 0 aliphatic carbocycles. The molecule has 0 heterocycles. The van der Waals surface area contributed by atoms with Crippen LogP contribution in [0.25, 0.3) is 0 Å². The third kappa shape index (κ3) is 39.5. The van der Waals surface area contributed by atoms with E-state index in [2.05, 4.69) is 19.2 Å². The summed E-state index contributed by atoms with van der Waals surface area (Å²) in [5.74, 6) is -0.174. The number of nitrogens with one attached hydrogen (secondary N) is 1. The summed E-state index contributed by atoms with van der Waals surface area (Å²) in [5, 5.41) is 13.8. The van der Waals surface area contributed by atoms with Crippen molar-refractivity contribution in [3.8, 4) is 0 Å². The zero-order valence-corrected chi connectivity index (χ0v) is 37.4. The second kappa shape index (κ2) is 37.8. The molecule has 1 unspecified atom stereocenters. The molecule has 0 aromatic rings. The Hall–Kier alpha value is -0.760. The summed E-state index contributed by atoms with van der Waals surface area (Å²) in [6.45, 7) is 4.83. The Balaban J connectivity index is 4.38. The van der Waals surface area contributed by atoms with Crippen molar-refractivity contribution in [3.63, 3.8) is 0 Å². The summed E-state index contributed by atoms with van der Waals surface area (Å²) in [6, 6.07) is -0.839. The van der Waals surface area contributed by atoms with Crippen molar-refractivity contribution >= 4 is 13.7 Å². The first-order valence-electron chi connectivity index (χ1n) is 23.1. The highest BCUT2D eigenvalue weighted by Gasteiger charge is 2.27. The van der Waals surface area contributed by atoms with Gasteiger partial charge in [0.1, 0.15) is 13.2 Å². The molecule has 9 heteroatoms. The molecule has 0 aliphatic heterocycles. The van der Waals surface area contributed by atoms with Gasteiger partial charge in [-0.2, -0.15) is 0 Å². The molecule has 1 amide bonds. The van der Waals surface area contributed by atoms with Crippen molar-refractivity contribution in [2.75, 3.05) is 40.9 Å². The van der Waals surface area contributed by atoms with Gasteiger partial charge in [-0.3, -0.25) is 13.8 Å². The highest BCUT2D eigenvalue weighted by Crippen LogP contribution is 2.43. The lowest BCUT2D eigenvalue weighted by molar-refractivity contribution is -0.870. The monoisotopic (exact) mass is 788 g/mol. The van der Waals surface area contributed by atoms with Crippen LogP contribution >= 0.6 is 7.82 Å². The van der Waals surface area contributed by atoms with E-state index < -0.39 is 20.0 Å². The number of carbonyl (C=O) groups excluding carboxylic acids is 1. The van der Waals surface area contributed by atoms with E-state index >= 15 is 0 Å². The predicted octanol–water partition coefficient (Wildman–Crippen LogP) is 12.8. The first-order chi connectivity index (χ1) is 26.0. The zero-order valence-electron chi connectivity index (χ0n) is 36.5. The minimum atomic E-state index is -4.33. The third-order valence-electron chi connectivity index (χ3n) is 10.5. The average molecular weight is 788 g/mol. The van der Waals surface area contributed by atoms with Crippen molar-refractivity contribution in [2.45, 2.75) is 231 Å². The Morgan fingerprint density at radius 2 is 0.981 bits per heavy atom. The van der Waals surface area contributed by atoms with E-state index in [-0.39, 0.29) is 19.1 Å². The van der Waals surface area contributed by atoms with Gasteiger partial charge in [-0.1, -0.05) is 206 Å². The largest absolute Gasteiger partial charge is 0.472 e. The second-order valence-corrected chi connectivity index (χ2v) is 18.6. The van der Waals surface area contributed by atoms with Gasteiger partial charge in [-0.15, -0.1) is 0 Å². The minimum absolute atomic E-state index is 0.0647. The first-order valence-corrected chi connectivity index (χ1v) is 24.6. The normalized spacial score (nSPS) is 14.4. The fourth-order valence-corrected chi connectivity index (χ4v) is 7.54. The molecule has 0 aromatic heterocycles. The average Bonchev–Trinajstić information content (AvgIpc) is 3.12. The van der Waals surface area contributed by atoms with Crippen LogP contribution in [0, 0.1) is 0 Å². The molecule has 0 bridgehead atoms. The van der Waals surface area contributed by atoms with Crippen molar-refractivity contribution in [1.82, 2.24) is 5.32 Å². The fraction of sp³-hybridized carbons (Fsp3) is 0.933. The lowest BCUT2D eigenvalue weighted by Gasteiger charge is -2.25. The van der Waals surface area contributed by atoms with Crippen molar-refractivity contribution < 1.29 is 32.9 Å². The van der Waals surface area contributed by atoms with Crippen LogP contribution in [0.4, 0.5) is 0 Å². The van der Waals surface area contributed by atoms with Crippen LogP contribution in [0.1, 0.15) is 219 Å². The Morgan fingerprint density at radius 3 is 1.37 bits per heavy atom. The van der Waals surface area contributed by atoms with E-state index in [1.54, 1.807) is 6.08 Å². The van der Waals surface area contributed by atoms with Crippen molar-refractivity contribution in [2.24, 2.45) is 0 Å². The van der Waals surface area contributed by atoms with Gasteiger partial charge >= 0.3 is 7.82 Å². The maximum atomic E-state index is 12.9. The van der Waals surface area contributed by atoms with Crippen LogP contribution in [0.3, 0.4) is 0 Å². The lowest BCUT2D eigenvalue weighted by atomic mass is 10.0. The van der Waals surface area contributed by atoms with E-state index in [1.807, 2.05) is 27.2 Å². The number of quaternary nitrogens is 1. The smallest absolute Gasteiger partial charge is 0.387 e. The molecule has 0 saturated carbocycles. The van der Waals surface area contributed by atoms with Crippen LogP contribution in [-0.2, 0) is 18.4 Å². The summed E-state index contributed by atoms with van der Waals surface area (Å²) in [7, 11) is 1.58. The Bertz CT molecular complexity index is 896. The molecule has 0 radical (unpaired) electrons. The number of phosphoric ester groups is 1. The third-order valence-corrected chi connectivity index (χ3v) is 11.5. The van der Waals surface area contributed by atoms with Gasteiger partial charge in [0.2, 0.25) is 5.91 Å². The van der Waals surface area contributed by atoms with Crippen molar-refractivity contribution in [3.05, 3.63) is 12.2 Å². The Kier molecular flexibility index (Phi) is 37.3. The number of likely N-dealkylation sites (N-methyl/N-ethyl adjacent to an activating group) is 1. The number of phosphoric acid groups is 1. The second-order valence-electron chi connectivity index (χ2n) is 17.1. The van der Waals surface area contributed by atoms with Crippen LogP contribution in [0.5, 0.6) is 0 Å². The summed E-state index contributed by atoms with van der Waals surface area (Å²) in [5.41, 5.74) is 0. The highest BCUT2D eigenvalue weighted by atomic mass is 31.2. The van der Waals surface area contributed by atoms with E-state index in [9.17, 15) is 19.4 Å². The number of hydrogen-bond donors (Lipinski definition) is 3. The zero-order chi connectivity index (χ0) is 40.0. The van der Waals surface area contributed by atoms with E-state index in [0.717, 1.165) is 32.1 Å². The van der Waals surface area contributed by atoms with Gasteiger partial charge in [-0.05, 0) is 19.3 Å². The standard InChI is InChI=1S/C45H91N2O6P/c1-6-8-10-12-14-16-18-20-22-24-26-28-30-32-34-36-38-44(48)43(42-53-54(50,51)52-41-40-47(3,4)5)46-45(49)39-37-35-33-31-29-27-25-23-21-19-17-15-13-11-9-7-2/h36,38,43-44,48H,6-35,37,39-42H2,1-5H3,(H-,46,49,50,51)/p+1/b38-36+/t43-,44+/m0/s1. The molecular weight excluding hydrogens is 695 g/mol. The number of nitrogens with zero attached hydrogens (tertiary/aromatic N) is 1. The number of hydrogen-bond acceptors (Lipinski definition) is 5. The van der Waals surface area contributed by atoms with Crippen LogP contribution in [0.2, 0.25) is 0 Å². The molecule has 0 saturated heterocycles. The Labute approximate surface area is 335 Å². The molecule has 322 valence electrons. The van der Waals surface area contributed by atoms with E-state index in [1.165, 1.54) is 167 Å². The minimum Gasteiger partial charge on any atom is -0.387 e. The first kappa shape index (κ1) is 53.2. The number of aliphatic hydroxyl groups is 1.